The fraction of sp³-hybridized carbons (Fsp3) is 1.00. The van der Waals surface area contributed by atoms with E-state index in [1.807, 2.05) is 0 Å². The molecule has 6 fully saturated rings. The molecule has 0 aromatic heterocycles. The maximum atomic E-state index is 11.4. The van der Waals surface area contributed by atoms with Crippen molar-refractivity contribution in [3.05, 3.63) is 0 Å². The molecule has 0 amide bonds. The minimum absolute atomic E-state index is 0.204. The van der Waals surface area contributed by atoms with Crippen LogP contribution in [0.15, 0.2) is 0 Å². The highest BCUT2D eigenvalue weighted by Crippen LogP contribution is 2.77. The van der Waals surface area contributed by atoms with Crippen LogP contribution in [-0.2, 0) is 0 Å². The predicted octanol–water partition coefficient (Wildman–Crippen LogP) is 3.75. The summed E-state index contributed by atoms with van der Waals surface area (Å²) in [6.45, 7) is 2.53. The summed E-state index contributed by atoms with van der Waals surface area (Å²) in [5.41, 5.74) is 0.753. The fourth-order valence-corrected chi connectivity index (χ4v) is 7.90. The van der Waals surface area contributed by atoms with E-state index in [-0.39, 0.29) is 5.60 Å². The molecule has 18 heavy (non-hydrogen) atoms. The van der Waals surface area contributed by atoms with Crippen molar-refractivity contribution in [2.45, 2.75) is 70.3 Å². The van der Waals surface area contributed by atoms with E-state index < -0.39 is 0 Å². The normalized spacial score (nSPS) is 68.3. The van der Waals surface area contributed by atoms with Crippen molar-refractivity contribution in [1.82, 2.24) is 0 Å². The van der Waals surface area contributed by atoms with E-state index in [9.17, 15) is 5.11 Å². The molecule has 6 rings (SSSR count). The van der Waals surface area contributed by atoms with Crippen LogP contribution in [0.3, 0.4) is 0 Å². The molecular formula is C17H26O. The van der Waals surface area contributed by atoms with Gasteiger partial charge in [-0.25, -0.2) is 0 Å². The Balaban J connectivity index is 1.56. The average molecular weight is 246 g/mol. The van der Waals surface area contributed by atoms with Gasteiger partial charge in [-0.15, -0.1) is 0 Å². The van der Waals surface area contributed by atoms with Crippen molar-refractivity contribution in [2.24, 2.45) is 34.5 Å². The second-order valence-electron chi connectivity index (χ2n) is 9.02. The Morgan fingerprint density at radius 1 is 0.944 bits per heavy atom. The predicted molar refractivity (Wildman–Crippen MR) is 71.0 cm³/mol. The molecule has 6 aliphatic rings. The highest BCUT2D eigenvalue weighted by Gasteiger charge is 2.77. The van der Waals surface area contributed by atoms with Gasteiger partial charge in [-0.05, 0) is 80.5 Å². The summed E-state index contributed by atoms with van der Waals surface area (Å²) in [5, 5.41) is 11.4. The van der Waals surface area contributed by atoms with Crippen LogP contribution < -0.4 is 0 Å². The first-order valence-electron chi connectivity index (χ1n) is 8.27. The van der Waals surface area contributed by atoms with Crippen molar-refractivity contribution in [1.29, 1.82) is 0 Å². The SMILES string of the molecule is CC12CC3CC(C1)CC(C1(O)C4CCCC41)(C3)C2. The summed E-state index contributed by atoms with van der Waals surface area (Å²) in [6.07, 6.45) is 12.6. The topological polar surface area (TPSA) is 20.2 Å². The molecule has 0 spiro atoms. The lowest BCUT2D eigenvalue weighted by molar-refractivity contribution is -0.175. The van der Waals surface area contributed by atoms with Crippen LogP contribution in [0, 0.1) is 34.5 Å². The number of aliphatic hydroxyl groups is 1. The van der Waals surface area contributed by atoms with E-state index in [4.69, 9.17) is 0 Å². The molecule has 4 bridgehead atoms. The first-order valence-corrected chi connectivity index (χ1v) is 8.27. The lowest BCUT2D eigenvalue weighted by Gasteiger charge is -2.63. The van der Waals surface area contributed by atoms with E-state index in [2.05, 4.69) is 6.92 Å². The molecule has 0 heterocycles. The highest BCUT2D eigenvalue weighted by atomic mass is 16.3. The van der Waals surface area contributed by atoms with Gasteiger partial charge in [0.25, 0.3) is 0 Å². The summed E-state index contributed by atoms with van der Waals surface area (Å²) >= 11 is 0. The maximum absolute atomic E-state index is 11.4. The van der Waals surface area contributed by atoms with Gasteiger partial charge < -0.3 is 5.11 Å². The van der Waals surface area contributed by atoms with E-state index in [0.717, 1.165) is 11.8 Å². The summed E-state index contributed by atoms with van der Waals surface area (Å²) in [4.78, 5) is 0. The van der Waals surface area contributed by atoms with Crippen molar-refractivity contribution < 1.29 is 5.11 Å². The first-order chi connectivity index (χ1) is 8.55. The summed E-state index contributed by atoms with van der Waals surface area (Å²) in [5.74, 6) is 3.33. The van der Waals surface area contributed by atoms with E-state index in [1.54, 1.807) is 0 Å². The van der Waals surface area contributed by atoms with Crippen LogP contribution in [0.2, 0.25) is 0 Å². The van der Waals surface area contributed by atoms with Crippen LogP contribution >= 0.6 is 0 Å². The summed E-state index contributed by atoms with van der Waals surface area (Å²) in [7, 11) is 0. The molecule has 0 aliphatic heterocycles. The molecular weight excluding hydrogens is 220 g/mol. The van der Waals surface area contributed by atoms with E-state index >= 15 is 0 Å². The van der Waals surface area contributed by atoms with Crippen LogP contribution in [0.1, 0.15) is 64.7 Å². The van der Waals surface area contributed by atoms with Gasteiger partial charge in [-0.1, -0.05) is 13.3 Å². The molecule has 1 nitrogen and oxygen atoms in total. The largest absolute Gasteiger partial charge is 0.389 e. The van der Waals surface area contributed by atoms with Gasteiger partial charge in [0, 0.05) is 5.41 Å². The number of rotatable bonds is 1. The third kappa shape index (κ3) is 1.03. The Bertz CT molecular complexity index is 388. The van der Waals surface area contributed by atoms with Gasteiger partial charge in [0.2, 0.25) is 0 Å². The van der Waals surface area contributed by atoms with Crippen molar-refractivity contribution >= 4 is 0 Å². The molecule has 1 N–H and O–H groups in total. The van der Waals surface area contributed by atoms with Gasteiger partial charge in [0.15, 0.2) is 0 Å². The molecule has 4 unspecified atom stereocenters. The average Bonchev–Trinajstić information content (AvgIpc) is 2.69. The quantitative estimate of drug-likeness (QED) is 0.747. The standard InChI is InChI=1S/C17H26O/c1-15-6-11-5-12(7-15)9-16(8-11,10-15)17(18)13-3-2-4-14(13)17/h11-14,18H,2-10H2,1H3. The molecule has 0 aromatic carbocycles. The molecule has 4 atom stereocenters. The third-order valence-corrected chi connectivity index (χ3v) is 7.74. The Hall–Kier alpha value is -0.0400. The maximum Gasteiger partial charge on any atom is 0.0767 e. The molecule has 0 radical (unpaired) electrons. The Kier molecular flexibility index (Phi) is 1.69. The highest BCUT2D eigenvalue weighted by molar-refractivity contribution is 5.26. The van der Waals surface area contributed by atoms with Crippen molar-refractivity contribution in [2.75, 3.05) is 0 Å². The zero-order valence-electron chi connectivity index (χ0n) is 11.6. The molecule has 0 aromatic rings. The Labute approximate surface area is 110 Å². The van der Waals surface area contributed by atoms with Crippen LogP contribution in [0.25, 0.3) is 0 Å². The first kappa shape index (κ1) is 10.7. The molecule has 0 saturated heterocycles. The van der Waals surface area contributed by atoms with Gasteiger partial charge in [0.1, 0.15) is 0 Å². The Morgan fingerprint density at radius 3 is 2.11 bits per heavy atom. The van der Waals surface area contributed by atoms with Crippen LogP contribution in [-0.4, -0.2) is 10.7 Å². The summed E-state index contributed by atoms with van der Waals surface area (Å²) < 4.78 is 0. The van der Waals surface area contributed by atoms with Crippen molar-refractivity contribution in [3.63, 3.8) is 0 Å². The second kappa shape index (κ2) is 2.85. The monoisotopic (exact) mass is 246 g/mol. The van der Waals surface area contributed by atoms with E-state index in [1.165, 1.54) is 57.8 Å². The van der Waals surface area contributed by atoms with Gasteiger partial charge >= 0.3 is 0 Å². The number of hydrogen-bond acceptors (Lipinski definition) is 1. The lowest BCUT2D eigenvalue weighted by Crippen LogP contribution is -2.57. The minimum Gasteiger partial charge on any atom is -0.389 e. The lowest BCUT2D eigenvalue weighted by atomic mass is 9.42. The minimum atomic E-state index is -0.204. The van der Waals surface area contributed by atoms with Crippen LogP contribution in [0.5, 0.6) is 0 Å². The van der Waals surface area contributed by atoms with Crippen molar-refractivity contribution in [3.8, 4) is 0 Å². The molecule has 100 valence electrons. The van der Waals surface area contributed by atoms with Crippen LogP contribution in [0.4, 0.5) is 0 Å². The summed E-state index contributed by atoms with van der Waals surface area (Å²) in [6, 6.07) is 0. The smallest absolute Gasteiger partial charge is 0.0767 e. The fourth-order valence-electron chi connectivity index (χ4n) is 7.90. The van der Waals surface area contributed by atoms with E-state index in [0.29, 0.717) is 22.7 Å². The zero-order chi connectivity index (χ0) is 12.2. The molecule has 6 aliphatic carbocycles. The number of fused-ring (bicyclic) bond motifs is 1. The van der Waals surface area contributed by atoms with Gasteiger partial charge in [-0.3, -0.25) is 0 Å². The second-order valence-corrected chi connectivity index (χ2v) is 9.02. The van der Waals surface area contributed by atoms with Gasteiger partial charge in [0.05, 0.1) is 5.60 Å². The number of hydrogen-bond donors (Lipinski definition) is 1. The zero-order valence-corrected chi connectivity index (χ0v) is 11.6. The van der Waals surface area contributed by atoms with Gasteiger partial charge in [-0.2, -0.15) is 0 Å². The molecule has 1 heteroatoms. The molecule has 6 saturated carbocycles. The Morgan fingerprint density at radius 2 is 1.56 bits per heavy atom. The third-order valence-electron chi connectivity index (χ3n) is 7.74.